The van der Waals surface area contributed by atoms with Crippen molar-refractivity contribution < 1.29 is 14.3 Å². The molecule has 1 aliphatic rings. The maximum Gasteiger partial charge on any atom is 0.223 e. The van der Waals surface area contributed by atoms with Crippen LogP contribution in [0.1, 0.15) is 25.3 Å². The van der Waals surface area contributed by atoms with Crippen LogP contribution in [0.5, 0.6) is 5.75 Å². The Morgan fingerprint density at radius 1 is 1.19 bits per heavy atom. The molecule has 7 nitrogen and oxygen atoms in total. The Morgan fingerprint density at radius 3 is 2.67 bits per heavy atom. The Balaban J connectivity index is 0.00000364. The van der Waals surface area contributed by atoms with E-state index < -0.39 is 0 Å². The number of methoxy groups -OCH3 is 1. The minimum absolute atomic E-state index is 0. The zero-order valence-corrected chi connectivity index (χ0v) is 18.5. The monoisotopic (exact) mass is 490 g/mol. The quantitative estimate of drug-likeness (QED) is 0.191. The number of hydrogen-bond donors (Lipinski definition) is 3. The molecule has 0 aliphatic heterocycles. The van der Waals surface area contributed by atoms with Crippen LogP contribution in [-0.2, 0) is 16.1 Å². The van der Waals surface area contributed by atoms with E-state index in [1.807, 2.05) is 31.2 Å². The van der Waals surface area contributed by atoms with Crippen molar-refractivity contribution in [2.24, 2.45) is 10.9 Å². The molecule has 0 spiro atoms. The van der Waals surface area contributed by atoms with E-state index in [1.165, 1.54) is 0 Å². The van der Waals surface area contributed by atoms with Gasteiger partial charge in [-0.2, -0.15) is 0 Å². The van der Waals surface area contributed by atoms with Gasteiger partial charge < -0.3 is 25.4 Å². The van der Waals surface area contributed by atoms with Gasteiger partial charge in [0, 0.05) is 32.7 Å². The summed E-state index contributed by atoms with van der Waals surface area (Å²) in [4.78, 5) is 16.2. The fourth-order valence-corrected chi connectivity index (χ4v) is 2.35. The summed E-state index contributed by atoms with van der Waals surface area (Å²) in [5, 5.41) is 9.39. The minimum Gasteiger partial charge on any atom is -0.491 e. The van der Waals surface area contributed by atoms with Gasteiger partial charge in [-0.05, 0) is 37.5 Å². The van der Waals surface area contributed by atoms with Crippen LogP contribution in [-0.4, -0.2) is 51.8 Å². The van der Waals surface area contributed by atoms with Crippen LogP contribution in [0.4, 0.5) is 0 Å². The van der Waals surface area contributed by atoms with Crippen LogP contribution in [0.3, 0.4) is 0 Å². The highest BCUT2D eigenvalue weighted by atomic mass is 127. The highest BCUT2D eigenvalue weighted by Gasteiger charge is 2.28. The second-order valence-corrected chi connectivity index (χ2v) is 6.18. The molecule has 0 heterocycles. The molecule has 0 bridgehead atoms. The summed E-state index contributed by atoms with van der Waals surface area (Å²) < 4.78 is 10.6. The normalized spacial score (nSPS) is 13.5. The molecule has 27 heavy (non-hydrogen) atoms. The predicted octanol–water partition coefficient (Wildman–Crippen LogP) is 1.91. The molecule has 1 aromatic rings. The first kappa shape index (κ1) is 23.5. The third-order valence-electron chi connectivity index (χ3n) is 3.88. The van der Waals surface area contributed by atoms with Crippen molar-refractivity contribution in [1.82, 2.24) is 16.0 Å². The highest BCUT2D eigenvalue weighted by Crippen LogP contribution is 2.28. The van der Waals surface area contributed by atoms with E-state index in [1.54, 1.807) is 7.11 Å². The minimum atomic E-state index is 0. The van der Waals surface area contributed by atoms with Crippen LogP contribution >= 0.6 is 24.0 Å². The van der Waals surface area contributed by atoms with Crippen molar-refractivity contribution in [2.75, 3.05) is 40.0 Å². The summed E-state index contributed by atoms with van der Waals surface area (Å²) in [7, 11) is 1.65. The van der Waals surface area contributed by atoms with Crippen molar-refractivity contribution in [3.63, 3.8) is 0 Å². The Hall–Kier alpha value is -1.55. The van der Waals surface area contributed by atoms with Gasteiger partial charge in [-0.15, -0.1) is 24.0 Å². The number of nitrogens with one attached hydrogen (secondary N) is 3. The van der Waals surface area contributed by atoms with Gasteiger partial charge in [-0.3, -0.25) is 4.79 Å². The molecule has 8 heteroatoms. The number of carbonyl (C=O) groups excluding carboxylic acids is 1. The molecule has 1 amide bonds. The molecule has 1 saturated carbocycles. The van der Waals surface area contributed by atoms with Gasteiger partial charge in [0.15, 0.2) is 5.96 Å². The largest absolute Gasteiger partial charge is 0.491 e. The number of hydrogen-bond acceptors (Lipinski definition) is 4. The summed E-state index contributed by atoms with van der Waals surface area (Å²) in [6.45, 7) is 5.68. The van der Waals surface area contributed by atoms with E-state index in [9.17, 15) is 4.79 Å². The summed E-state index contributed by atoms with van der Waals surface area (Å²) in [6.07, 6.45) is 2.05. The molecule has 1 aromatic carbocycles. The van der Waals surface area contributed by atoms with Crippen molar-refractivity contribution >= 4 is 35.8 Å². The number of halogens is 1. The van der Waals surface area contributed by atoms with E-state index >= 15 is 0 Å². The molecule has 0 radical (unpaired) electrons. The van der Waals surface area contributed by atoms with Crippen LogP contribution < -0.4 is 20.7 Å². The second kappa shape index (κ2) is 13.6. The van der Waals surface area contributed by atoms with Gasteiger partial charge in [0.1, 0.15) is 12.4 Å². The predicted molar refractivity (Wildman–Crippen MR) is 118 cm³/mol. The number of guanidine groups is 1. The number of benzene rings is 1. The van der Waals surface area contributed by atoms with E-state index in [4.69, 9.17) is 9.47 Å². The molecule has 0 aromatic heterocycles. The second-order valence-electron chi connectivity index (χ2n) is 6.18. The molecule has 0 unspecified atom stereocenters. The van der Waals surface area contributed by atoms with Gasteiger partial charge in [0.2, 0.25) is 5.91 Å². The Bertz CT molecular complexity index is 594. The third kappa shape index (κ3) is 9.81. The molecule has 0 atom stereocenters. The fraction of sp³-hybridized carbons (Fsp3) is 0.579. The topological polar surface area (TPSA) is 84.0 Å². The first-order valence-corrected chi connectivity index (χ1v) is 9.23. The van der Waals surface area contributed by atoms with Crippen LogP contribution in [0.15, 0.2) is 29.3 Å². The summed E-state index contributed by atoms with van der Waals surface area (Å²) in [6, 6.07) is 7.89. The molecular formula is C19H31IN4O3. The van der Waals surface area contributed by atoms with Crippen molar-refractivity contribution in [3.05, 3.63) is 29.8 Å². The zero-order valence-electron chi connectivity index (χ0n) is 16.1. The number of ether oxygens (including phenoxy) is 2. The molecule has 1 aliphatic carbocycles. The van der Waals surface area contributed by atoms with E-state index in [2.05, 4.69) is 20.9 Å². The van der Waals surface area contributed by atoms with Gasteiger partial charge >= 0.3 is 0 Å². The SMILES string of the molecule is CCNC(=NCc1cccc(OCCOC)c1)NCCNC(=O)C1CC1.I. The number of rotatable bonds is 11. The number of amides is 1. The Kier molecular flexibility index (Phi) is 11.8. The van der Waals surface area contributed by atoms with Crippen molar-refractivity contribution in [1.29, 1.82) is 0 Å². The standard InChI is InChI=1S/C19H30N4O3.HI/c1-3-20-19(22-10-9-21-18(24)16-7-8-16)23-14-15-5-4-6-17(13-15)26-12-11-25-2;/h4-6,13,16H,3,7-12,14H2,1-2H3,(H,21,24)(H2,20,22,23);1H. The first-order valence-electron chi connectivity index (χ1n) is 9.23. The molecule has 1 fully saturated rings. The Labute approximate surface area is 178 Å². The van der Waals surface area contributed by atoms with Gasteiger partial charge in [0.05, 0.1) is 13.2 Å². The number of nitrogens with zero attached hydrogens (tertiary/aromatic N) is 1. The summed E-state index contributed by atoms with van der Waals surface area (Å²) >= 11 is 0. The molecule has 3 N–H and O–H groups in total. The van der Waals surface area contributed by atoms with Gasteiger partial charge in [-0.25, -0.2) is 4.99 Å². The Morgan fingerprint density at radius 2 is 1.96 bits per heavy atom. The summed E-state index contributed by atoms with van der Waals surface area (Å²) in [5.41, 5.74) is 1.07. The lowest BCUT2D eigenvalue weighted by atomic mass is 10.2. The van der Waals surface area contributed by atoms with Crippen LogP contribution in [0, 0.1) is 5.92 Å². The zero-order chi connectivity index (χ0) is 18.6. The smallest absolute Gasteiger partial charge is 0.223 e. The van der Waals surface area contributed by atoms with Gasteiger partial charge in [-0.1, -0.05) is 12.1 Å². The van der Waals surface area contributed by atoms with E-state index in [0.717, 1.165) is 36.7 Å². The lowest BCUT2D eigenvalue weighted by Crippen LogP contribution is -2.41. The van der Waals surface area contributed by atoms with Crippen LogP contribution in [0.2, 0.25) is 0 Å². The first-order chi connectivity index (χ1) is 12.7. The van der Waals surface area contributed by atoms with E-state index in [0.29, 0.717) is 32.8 Å². The third-order valence-corrected chi connectivity index (χ3v) is 3.88. The average molecular weight is 490 g/mol. The maximum absolute atomic E-state index is 11.6. The molecular weight excluding hydrogens is 459 g/mol. The lowest BCUT2D eigenvalue weighted by Gasteiger charge is -2.12. The maximum atomic E-state index is 11.6. The molecule has 0 saturated heterocycles. The highest BCUT2D eigenvalue weighted by molar-refractivity contribution is 14.0. The average Bonchev–Trinajstić information content (AvgIpc) is 3.49. The fourth-order valence-electron chi connectivity index (χ4n) is 2.35. The van der Waals surface area contributed by atoms with Gasteiger partial charge in [0.25, 0.3) is 0 Å². The lowest BCUT2D eigenvalue weighted by molar-refractivity contribution is -0.122. The summed E-state index contributed by atoms with van der Waals surface area (Å²) in [5.74, 6) is 1.96. The number of carbonyl (C=O) groups is 1. The van der Waals surface area contributed by atoms with Crippen molar-refractivity contribution in [2.45, 2.75) is 26.3 Å². The van der Waals surface area contributed by atoms with Crippen LogP contribution in [0.25, 0.3) is 0 Å². The molecule has 152 valence electrons. The van der Waals surface area contributed by atoms with E-state index in [-0.39, 0.29) is 35.8 Å². The number of aliphatic imine (C=N–C) groups is 1. The molecule has 2 rings (SSSR count). The van der Waals surface area contributed by atoms with Crippen molar-refractivity contribution in [3.8, 4) is 5.75 Å².